The van der Waals surface area contributed by atoms with Gasteiger partial charge in [-0.2, -0.15) is 0 Å². The Morgan fingerprint density at radius 2 is 2.08 bits per heavy atom. The van der Waals surface area contributed by atoms with Crippen LogP contribution in [-0.2, 0) is 13.1 Å². The quantitative estimate of drug-likeness (QED) is 0.709. The summed E-state index contributed by atoms with van der Waals surface area (Å²) in [6.45, 7) is 7.01. The van der Waals surface area contributed by atoms with E-state index in [1.54, 1.807) is 19.4 Å². The predicted molar refractivity (Wildman–Crippen MR) is 88.8 cm³/mol. The van der Waals surface area contributed by atoms with Gasteiger partial charge >= 0.3 is 5.97 Å². The summed E-state index contributed by atoms with van der Waals surface area (Å²) in [5.41, 5.74) is 6.60. The van der Waals surface area contributed by atoms with Crippen LogP contribution in [0.4, 0.5) is 5.82 Å². The molecule has 0 radical (unpaired) electrons. The van der Waals surface area contributed by atoms with E-state index < -0.39 is 11.9 Å². The molecule has 2 aromatic heterocycles. The summed E-state index contributed by atoms with van der Waals surface area (Å²) >= 11 is 0. The monoisotopic (exact) mass is 331 g/mol. The largest absolute Gasteiger partial charge is 0.478 e. The average molecular weight is 331 g/mol. The Morgan fingerprint density at radius 3 is 2.67 bits per heavy atom. The number of primary amides is 1. The number of amides is 1. The van der Waals surface area contributed by atoms with Crippen molar-refractivity contribution in [1.29, 1.82) is 0 Å². The minimum absolute atomic E-state index is 0.0424. The Labute approximate surface area is 139 Å². The summed E-state index contributed by atoms with van der Waals surface area (Å²) < 4.78 is 2.01. The SMILES string of the molecule is Cc1nc(NCc2cncn2CC(C)C)c(C(N)=O)cc1C(=O)O. The highest BCUT2D eigenvalue weighted by atomic mass is 16.4. The number of nitrogens with two attached hydrogens (primary N) is 1. The van der Waals surface area contributed by atoms with Crippen LogP contribution in [0.2, 0.25) is 0 Å². The standard InChI is InChI=1S/C16H21N5O3/c1-9(2)7-21-8-18-5-11(21)6-19-15-13(14(17)22)4-12(16(23)24)10(3)20-15/h4-5,8-9H,6-7H2,1-3H3,(H2,17,22)(H,19,20)(H,23,24). The molecule has 0 aliphatic heterocycles. The number of aromatic nitrogens is 3. The molecular weight excluding hydrogens is 310 g/mol. The van der Waals surface area contributed by atoms with E-state index in [1.807, 2.05) is 4.57 Å². The molecule has 0 saturated carbocycles. The maximum absolute atomic E-state index is 11.6. The normalized spacial score (nSPS) is 10.8. The zero-order valence-electron chi connectivity index (χ0n) is 13.9. The van der Waals surface area contributed by atoms with Crippen molar-refractivity contribution in [2.75, 3.05) is 5.32 Å². The molecule has 0 aromatic carbocycles. The molecule has 24 heavy (non-hydrogen) atoms. The number of aromatic carboxylic acids is 1. The Balaban J connectivity index is 2.27. The van der Waals surface area contributed by atoms with Gasteiger partial charge in [0.15, 0.2) is 0 Å². The van der Waals surface area contributed by atoms with Crippen molar-refractivity contribution in [1.82, 2.24) is 14.5 Å². The first-order valence-corrected chi connectivity index (χ1v) is 7.57. The molecule has 2 rings (SSSR count). The van der Waals surface area contributed by atoms with Crippen molar-refractivity contribution >= 4 is 17.7 Å². The van der Waals surface area contributed by atoms with Crippen LogP contribution in [0.3, 0.4) is 0 Å². The Kier molecular flexibility index (Phi) is 5.18. The fourth-order valence-corrected chi connectivity index (χ4v) is 2.37. The van der Waals surface area contributed by atoms with Gasteiger partial charge in [0.1, 0.15) is 5.82 Å². The van der Waals surface area contributed by atoms with E-state index in [4.69, 9.17) is 10.8 Å². The Morgan fingerprint density at radius 1 is 1.38 bits per heavy atom. The molecule has 2 aromatic rings. The van der Waals surface area contributed by atoms with Gasteiger partial charge in [-0.1, -0.05) is 13.8 Å². The first-order chi connectivity index (χ1) is 11.3. The molecule has 4 N–H and O–H groups in total. The number of carbonyl (C=O) groups excluding carboxylic acids is 1. The molecule has 0 fully saturated rings. The Hall–Kier alpha value is -2.90. The van der Waals surface area contributed by atoms with Crippen LogP contribution in [0.15, 0.2) is 18.6 Å². The Bertz CT molecular complexity index is 767. The van der Waals surface area contributed by atoms with Gasteiger partial charge in [-0.15, -0.1) is 0 Å². The lowest BCUT2D eigenvalue weighted by atomic mass is 10.1. The lowest BCUT2D eigenvalue weighted by Crippen LogP contribution is -2.19. The van der Waals surface area contributed by atoms with Crippen LogP contribution in [-0.4, -0.2) is 31.5 Å². The van der Waals surface area contributed by atoms with Crippen molar-refractivity contribution in [3.63, 3.8) is 0 Å². The minimum atomic E-state index is -1.15. The van der Waals surface area contributed by atoms with Gasteiger partial charge in [-0.3, -0.25) is 4.79 Å². The van der Waals surface area contributed by atoms with Crippen LogP contribution in [0.5, 0.6) is 0 Å². The van der Waals surface area contributed by atoms with E-state index in [0.29, 0.717) is 18.2 Å². The van der Waals surface area contributed by atoms with E-state index in [2.05, 4.69) is 29.1 Å². The van der Waals surface area contributed by atoms with Crippen LogP contribution < -0.4 is 11.1 Å². The second-order valence-electron chi connectivity index (χ2n) is 5.97. The average Bonchev–Trinajstić information content (AvgIpc) is 2.90. The molecule has 8 heteroatoms. The third-order valence-corrected chi connectivity index (χ3v) is 3.51. The van der Waals surface area contributed by atoms with Crippen LogP contribution in [0.1, 0.15) is 46.0 Å². The second kappa shape index (κ2) is 7.12. The molecule has 128 valence electrons. The molecule has 0 saturated heterocycles. The summed E-state index contributed by atoms with van der Waals surface area (Å²) in [5.74, 6) is -1.15. The molecule has 0 aliphatic carbocycles. The van der Waals surface area contributed by atoms with Crippen molar-refractivity contribution < 1.29 is 14.7 Å². The maximum Gasteiger partial charge on any atom is 0.337 e. The molecule has 0 bridgehead atoms. The predicted octanol–water partition coefficient (Wildman–Crippen LogP) is 1.65. The zero-order chi connectivity index (χ0) is 17.9. The summed E-state index contributed by atoms with van der Waals surface area (Å²) in [6.07, 6.45) is 3.48. The summed E-state index contributed by atoms with van der Waals surface area (Å²) in [6, 6.07) is 1.25. The number of hydrogen-bond acceptors (Lipinski definition) is 5. The smallest absolute Gasteiger partial charge is 0.337 e. The molecule has 2 heterocycles. The number of pyridine rings is 1. The summed E-state index contributed by atoms with van der Waals surface area (Å²) in [5, 5.41) is 12.2. The maximum atomic E-state index is 11.6. The molecule has 0 unspecified atom stereocenters. The van der Waals surface area contributed by atoms with Crippen molar-refractivity contribution in [2.24, 2.45) is 11.7 Å². The van der Waals surface area contributed by atoms with Gasteiger partial charge < -0.3 is 20.7 Å². The topological polar surface area (TPSA) is 123 Å². The van der Waals surface area contributed by atoms with E-state index in [0.717, 1.165) is 12.2 Å². The van der Waals surface area contributed by atoms with Crippen molar-refractivity contribution in [3.8, 4) is 0 Å². The fourth-order valence-electron chi connectivity index (χ4n) is 2.37. The van der Waals surface area contributed by atoms with Crippen LogP contribution in [0.25, 0.3) is 0 Å². The van der Waals surface area contributed by atoms with Gasteiger partial charge in [-0.05, 0) is 18.9 Å². The van der Waals surface area contributed by atoms with Crippen LogP contribution >= 0.6 is 0 Å². The lowest BCUT2D eigenvalue weighted by Gasteiger charge is -2.14. The molecule has 1 amide bonds. The first kappa shape index (κ1) is 17.5. The van der Waals surface area contributed by atoms with E-state index >= 15 is 0 Å². The lowest BCUT2D eigenvalue weighted by molar-refractivity contribution is 0.0695. The van der Waals surface area contributed by atoms with Crippen LogP contribution in [0, 0.1) is 12.8 Å². The molecular formula is C16H21N5O3. The number of nitrogens with one attached hydrogen (secondary N) is 1. The highest BCUT2D eigenvalue weighted by Crippen LogP contribution is 2.18. The van der Waals surface area contributed by atoms with Gasteiger partial charge in [-0.25, -0.2) is 14.8 Å². The van der Waals surface area contributed by atoms with E-state index in [1.165, 1.54) is 6.07 Å². The second-order valence-corrected chi connectivity index (χ2v) is 5.97. The number of nitrogens with zero attached hydrogens (tertiary/aromatic N) is 3. The molecule has 0 aliphatic rings. The number of rotatable bonds is 7. The summed E-state index contributed by atoms with van der Waals surface area (Å²) in [4.78, 5) is 31.1. The van der Waals surface area contributed by atoms with Crippen molar-refractivity contribution in [3.05, 3.63) is 41.1 Å². The minimum Gasteiger partial charge on any atom is -0.478 e. The number of carboxylic acid groups (broad SMARTS) is 1. The van der Waals surface area contributed by atoms with Gasteiger partial charge in [0, 0.05) is 12.7 Å². The number of anilines is 1. The highest BCUT2D eigenvalue weighted by Gasteiger charge is 2.17. The number of carboxylic acids is 1. The molecule has 8 nitrogen and oxygen atoms in total. The molecule has 0 spiro atoms. The summed E-state index contributed by atoms with van der Waals surface area (Å²) in [7, 11) is 0. The van der Waals surface area contributed by atoms with Gasteiger partial charge in [0.25, 0.3) is 5.91 Å². The molecule has 0 atom stereocenters. The number of imidazole rings is 1. The van der Waals surface area contributed by atoms with Gasteiger partial charge in [0.05, 0.1) is 35.4 Å². The fraction of sp³-hybridized carbons (Fsp3) is 0.375. The third kappa shape index (κ3) is 3.89. The highest BCUT2D eigenvalue weighted by molar-refractivity contribution is 6.00. The third-order valence-electron chi connectivity index (χ3n) is 3.51. The number of hydrogen-bond donors (Lipinski definition) is 3. The number of aryl methyl sites for hydroxylation is 1. The first-order valence-electron chi connectivity index (χ1n) is 7.57. The van der Waals surface area contributed by atoms with E-state index in [-0.39, 0.29) is 16.9 Å². The van der Waals surface area contributed by atoms with E-state index in [9.17, 15) is 9.59 Å². The van der Waals surface area contributed by atoms with Gasteiger partial charge in [0.2, 0.25) is 0 Å². The zero-order valence-corrected chi connectivity index (χ0v) is 13.9. The van der Waals surface area contributed by atoms with Crippen molar-refractivity contribution in [2.45, 2.75) is 33.9 Å². The number of carbonyl (C=O) groups is 2.